The molecule has 1 aromatic heterocycles. The lowest BCUT2D eigenvalue weighted by Crippen LogP contribution is -2.03. The van der Waals surface area contributed by atoms with Crippen LogP contribution in [-0.2, 0) is 11.2 Å². The molecule has 0 unspecified atom stereocenters. The number of carboxylic acid groups (broad SMARTS) is 1. The van der Waals surface area contributed by atoms with Crippen molar-refractivity contribution in [3.05, 3.63) is 42.2 Å². The van der Waals surface area contributed by atoms with Gasteiger partial charge in [-0.25, -0.2) is 9.97 Å². The zero-order valence-corrected chi connectivity index (χ0v) is 8.87. The maximum Gasteiger partial charge on any atom is 0.309 e. The van der Waals surface area contributed by atoms with Gasteiger partial charge in [-0.3, -0.25) is 4.79 Å². The fourth-order valence-corrected chi connectivity index (χ4v) is 1.40. The molecule has 5 nitrogen and oxygen atoms in total. The van der Waals surface area contributed by atoms with Crippen LogP contribution in [0, 0.1) is 0 Å². The van der Waals surface area contributed by atoms with E-state index in [-0.39, 0.29) is 12.2 Å². The molecule has 86 valence electrons. The van der Waals surface area contributed by atoms with Crippen molar-refractivity contribution in [2.24, 2.45) is 0 Å². The minimum absolute atomic E-state index is 0.131. The average molecular weight is 230 g/mol. The number of carbonyl (C=O) groups is 1. The van der Waals surface area contributed by atoms with Crippen molar-refractivity contribution in [3.8, 4) is 17.1 Å². The van der Waals surface area contributed by atoms with Gasteiger partial charge in [0, 0.05) is 11.8 Å². The summed E-state index contributed by atoms with van der Waals surface area (Å²) >= 11 is 0. The lowest BCUT2D eigenvalue weighted by atomic mass is 10.2. The van der Waals surface area contributed by atoms with Gasteiger partial charge in [0.2, 0.25) is 0 Å². The molecule has 0 aliphatic carbocycles. The highest BCUT2D eigenvalue weighted by molar-refractivity contribution is 5.69. The molecule has 5 heteroatoms. The molecule has 0 amide bonds. The van der Waals surface area contributed by atoms with Crippen LogP contribution in [-0.4, -0.2) is 26.2 Å². The van der Waals surface area contributed by atoms with E-state index in [9.17, 15) is 4.79 Å². The largest absolute Gasteiger partial charge is 0.508 e. The van der Waals surface area contributed by atoms with Crippen LogP contribution in [0.25, 0.3) is 11.4 Å². The summed E-state index contributed by atoms with van der Waals surface area (Å²) in [6.07, 6.45) is 1.39. The third-order valence-electron chi connectivity index (χ3n) is 2.17. The molecule has 1 heterocycles. The van der Waals surface area contributed by atoms with Crippen LogP contribution in [0.4, 0.5) is 0 Å². The van der Waals surface area contributed by atoms with E-state index >= 15 is 0 Å². The van der Waals surface area contributed by atoms with Crippen LogP contribution in [0.5, 0.6) is 5.75 Å². The van der Waals surface area contributed by atoms with E-state index in [0.29, 0.717) is 11.5 Å². The van der Waals surface area contributed by atoms with Gasteiger partial charge in [-0.2, -0.15) is 0 Å². The van der Waals surface area contributed by atoms with Crippen LogP contribution in [0.15, 0.2) is 36.5 Å². The van der Waals surface area contributed by atoms with Crippen molar-refractivity contribution >= 4 is 5.97 Å². The Morgan fingerprint density at radius 1 is 1.18 bits per heavy atom. The SMILES string of the molecule is O=C(O)Cc1ccnc(-c2ccc(O)cc2)n1. The number of aromatic nitrogens is 2. The van der Waals surface area contributed by atoms with Crippen molar-refractivity contribution in [1.82, 2.24) is 9.97 Å². The zero-order valence-electron chi connectivity index (χ0n) is 8.87. The Morgan fingerprint density at radius 3 is 2.53 bits per heavy atom. The lowest BCUT2D eigenvalue weighted by Gasteiger charge is -2.02. The Labute approximate surface area is 97.4 Å². The number of rotatable bonds is 3. The van der Waals surface area contributed by atoms with E-state index in [1.807, 2.05) is 0 Å². The summed E-state index contributed by atoms with van der Waals surface area (Å²) in [5.41, 5.74) is 1.19. The number of aliphatic carboxylic acids is 1. The second-order valence-electron chi connectivity index (χ2n) is 3.49. The van der Waals surface area contributed by atoms with Crippen LogP contribution >= 0.6 is 0 Å². The van der Waals surface area contributed by atoms with Gasteiger partial charge >= 0.3 is 5.97 Å². The Balaban J connectivity index is 2.32. The third kappa shape index (κ3) is 2.78. The van der Waals surface area contributed by atoms with Crippen molar-refractivity contribution in [2.75, 3.05) is 0 Å². The molecule has 0 atom stereocenters. The van der Waals surface area contributed by atoms with E-state index in [0.717, 1.165) is 5.56 Å². The fraction of sp³-hybridized carbons (Fsp3) is 0.0833. The fourth-order valence-electron chi connectivity index (χ4n) is 1.40. The molecular weight excluding hydrogens is 220 g/mol. The molecule has 0 aliphatic rings. The van der Waals surface area contributed by atoms with E-state index in [4.69, 9.17) is 10.2 Å². The highest BCUT2D eigenvalue weighted by Gasteiger charge is 2.05. The monoisotopic (exact) mass is 230 g/mol. The predicted molar refractivity (Wildman–Crippen MR) is 60.5 cm³/mol. The van der Waals surface area contributed by atoms with Crippen LogP contribution in [0.2, 0.25) is 0 Å². The van der Waals surface area contributed by atoms with Crippen molar-refractivity contribution in [2.45, 2.75) is 6.42 Å². The molecule has 2 aromatic rings. The maximum atomic E-state index is 10.6. The number of hydrogen-bond donors (Lipinski definition) is 2. The van der Waals surface area contributed by atoms with Gasteiger partial charge in [-0.15, -0.1) is 0 Å². The first-order valence-corrected chi connectivity index (χ1v) is 4.98. The Bertz CT molecular complexity index is 538. The quantitative estimate of drug-likeness (QED) is 0.834. The number of nitrogens with zero attached hydrogens (tertiary/aromatic N) is 2. The molecule has 0 bridgehead atoms. The summed E-state index contributed by atoms with van der Waals surface area (Å²) in [6.45, 7) is 0. The van der Waals surface area contributed by atoms with E-state index < -0.39 is 5.97 Å². The first-order valence-electron chi connectivity index (χ1n) is 4.98. The smallest absolute Gasteiger partial charge is 0.309 e. The maximum absolute atomic E-state index is 10.6. The Hall–Kier alpha value is -2.43. The minimum atomic E-state index is -0.930. The van der Waals surface area contributed by atoms with Crippen molar-refractivity contribution < 1.29 is 15.0 Å². The van der Waals surface area contributed by atoms with Gasteiger partial charge in [0.15, 0.2) is 5.82 Å². The molecular formula is C12H10N2O3. The lowest BCUT2D eigenvalue weighted by molar-refractivity contribution is -0.136. The van der Waals surface area contributed by atoms with Gasteiger partial charge in [0.05, 0.1) is 12.1 Å². The summed E-state index contributed by atoms with van der Waals surface area (Å²) in [7, 11) is 0. The Morgan fingerprint density at radius 2 is 1.88 bits per heavy atom. The molecule has 0 spiro atoms. The Kier molecular flexibility index (Phi) is 3.00. The van der Waals surface area contributed by atoms with E-state index in [1.165, 1.54) is 18.3 Å². The number of phenols is 1. The third-order valence-corrected chi connectivity index (χ3v) is 2.17. The van der Waals surface area contributed by atoms with Gasteiger partial charge in [-0.05, 0) is 30.3 Å². The number of aromatic hydroxyl groups is 1. The molecule has 2 N–H and O–H groups in total. The first kappa shape index (κ1) is 11.1. The molecule has 0 aliphatic heterocycles. The van der Waals surface area contributed by atoms with Crippen molar-refractivity contribution in [3.63, 3.8) is 0 Å². The zero-order chi connectivity index (χ0) is 12.3. The molecule has 1 aromatic carbocycles. The number of benzene rings is 1. The molecule has 0 fully saturated rings. The van der Waals surface area contributed by atoms with Crippen LogP contribution in [0.3, 0.4) is 0 Å². The molecule has 0 radical (unpaired) electrons. The predicted octanol–water partition coefficient (Wildman–Crippen LogP) is 1.48. The summed E-state index contributed by atoms with van der Waals surface area (Å²) in [6, 6.07) is 7.98. The molecule has 0 saturated heterocycles. The molecule has 0 saturated carbocycles. The van der Waals surface area contributed by atoms with Crippen LogP contribution < -0.4 is 0 Å². The number of hydrogen-bond acceptors (Lipinski definition) is 4. The first-order chi connectivity index (χ1) is 8.15. The molecule has 17 heavy (non-hydrogen) atoms. The second kappa shape index (κ2) is 4.61. The average Bonchev–Trinajstić information content (AvgIpc) is 2.29. The van der Waals surface area contributed by atoms with Crippen molar-refractivity contribution in [1.29, 1.82) is 0 Å². The number of phenolic OH excluding ortho intramolecular Hbond substituents is 1. The standard InChI is InChI=1S/C12H10N2O3/c15-10-3-1-8(2-4-10)12-13-6-5-9(14-12)7-11(16)17/h1-6,15H,7H2,(H,16,17). The van der Waals surface area contributed by atoms with E-state index in [1.54, 1.807) is 18.2 Å². The van der Waals surface area contributed by atoms with Gasteiger partial charge < -0.3 is 10.2 Å². The molecule has 2 rings (SSSR count). The van der Waals surface area contributed by atoms with Gasteiger partial charge in [0.25, 0.3) is 0 Å². The van der Waals surface area contributed by atoms with E-state index in [2.05, 4.69) is 9.97 Å². The topological polar surface area (TPSA) is 83.3 Å². The highest BCUT2D eigenvalue weighted by Crippen LogP contribution is 2.18. The normalized spacial score (nSPS) is 10.1. The second-order valence-corrected chi connectivity index (χ2v) is 3.49. The minimum Gasteiger partial charge on any atom is -0.508 e. The number of carboxylic acids is 1. The summed E-state index contributed by atoms with van der Waals surface area (Å²) < 4.78 is 0. The summed E-state index contributed by atoms with van der Waals surface area (Å²) in [4.78, 5) is 18.8. The van der Waals surface area contributed by atoms with Gasteiger partial charge in [-0.1, -0.05) is 0 Å². The summed E-state index contributed by atoms with van der Waals surface area (Å²) in [5.74, 6) is -0.320. The summed E-state index contributed by atoms with van der Waals surface area (Å²) in [5, 5.41) is 17.8. The van der Waals surface area contributed by atoms with Gasteiger partial charge in [0.1, 0.15) is 5.75 Å². The van der Waals surface area contributed by atoms with Crippen LogP contribution in [0.1, 0.15) is 5.69 Å². The highest BCUT2D eigenvalue weighted by atomic mass is 16.4.